The third kappa shape index (κ3) is 7.56. The number of non-ortho nitro benzene ring substituents is 1. The van der Waals surface area contributed by atoms with Gasteiger partial charge in [0, 0.05) is 29.2 Å². The SMILES string of the molecule is O=C(c1ccc([N+](=O)[O-])cc1)C(CCC[N+]1(Cc2ccccc2)CCOCC1)Cc1ccccc1.[Br-]. The summed E-state index contributed by atoms with van der Waals surface area (Å²) in [4.78, 5) is 24.1. The number of ketones is 1. The summed E-state index contributed by atoms with van der Waals surface area (Å²) in [6.45, 7) is 5.47. The Kier molecular flexibility index (Phi) is 10.3. The van der Waals surface area contributed by atoms with E-state index >= 15 is 0 Å². The smallest absolute Gasteiger partial charge is 0.269 e. The van der Waals surface area contributed by atoms with Crippen molar-refractivity contribution in [2.45, 2.75) is 25.8 Å². The molecule has 1 heterocycles. The zero-order chi connectivity index (χ0) is 24.5. The number of nitro benzene ring substituents is 1. The number of benzene rings is 3. The number of nitro groups is 1. The first-order valence-corrected chi connectivity index (χ1v) is 12.3. The molecule has 0 aliphatic carbocycles. The molecule has 1 saturated heterocycles. The number of nitrogens with zero attached hydrogens (tertiary/aromatic N) is 2. The molecule has 6 nitrogen and oxygen atoms in total. The Bertz CT molecular complexity index is 1100. The lowest BCUT2D eigenvalue weighted by Gasteiger charge is -2.41. The maximum atomic E-state index is 13.5. The van der Waals surface area contributed by atoms with Crippen LogP contribution in [0, 0.1) is 16.0 Å². The molecule has 3 aromatic carbocycles. The van der Waals surface area contributed by atoms with Crippen molar-refractivity contribution in [3.05, 3.63) is 112 Å². The molecule has 1 fully saturated rings. The highest BCUT2D eigenvalue weighted by Gasteiger charge is 2.31. The summed E-state index contributed by atoms with van der Waals surface area (Å²) in [5, 5.41) is 11.0. The Morgan fingerprint density at radius 3 is 2.06 bits per heavy atom. The van der Waals surface area contributed by atoms with Crippen molar-refractivity contribution in [1.82, 2.24) is 0 Å². The minimum atomic E-state index is -0.437. The first-order valence-electron chi connectivity index (χ1n) is 12.3. The van der Waals surface area contributed by atoms with Gasteiger partial charge in [-0.15, -0.1) is 0 Å². The Labute approximate surface area is 223 Å². The fraction of sp³-hybridized carbons (Fsp3) is 0.345. The highest BCUT2D eigenvalue weighted by molar-refractivity contribution is 5.98. The third-order valence-electron chi connectivity index (χ3n) is 7.02. The predicted molar refractivity (Wildman–Crippen MR) is 136 cm³/mol. The number of hydrogen-bond donors (Lipinski definition) is 0. The van der Waals surface area contributed by atoms with Gasteiger partial charge in [-0.3, -0.25) is 14.9 Å². The average molecular weight is 553 g/mol. The van der Waals surface area contributed by atoms with Gasteiger partial charge in [0.15, 0.2) is 5.78 Å². The van der Waals surface area contributed by atoms with Gasteiger partial charge < -0.3 is 26.2 Å². The highest BCUT2D eigenvalue weighted by Crippen LogP contribution is 2.24. The summed E-state index contributed by atoms with van der Waals surface area (Å²) < 4.78 is 6.65. The fourth-order valence-corrected chi connectivity index (χ4v) is 5.04. The van der Waals surface area contributed by atoms with Crippen LogP contribution in [-0.2, 0) is 17.7 Å². The lowest BCUT2D eigenvalue weighted by atomic mass is 9.87. The van der Waals surface area contributed by atoms with Gasteiger partial charge in [0.05, 0.1) is 24.7 Å². The summed E-state index contributed by atoms with van der Waals surface area (Å²) in [7, 11) is 0. The summed E-state index contributed by atoms with van der Waals surface area (Å²) in [6.07, 6.45) is 2.38. The van der Waals surface area contributed by atoms with E-state index < -0.39 is 4.92 Å². The normalized spacial score (nSPS) is 15.4. The standard InChI is InChI=1S/C29H33N2O4.BrH/c32-29(26-13-15-28(16-14-26)30(33)34)27(22-24-8-3-1-4-9-24)12-7-17-31(18-20-35-21-19-31)23-25-10-5-2-6-11-25;/h1-6,8-11,13-16,27H,7,12,17-23H2;1H/q+1;/p-1. The second-order valence-corrected chi connectivity index (χ2v) is 9.47. The second-order valence-electron chi connectivity index (χ2n) is 9.47. The zero-order valence-corrected chi connectivity index (χ0v) is 22.0. The maximum Gasteiger partial charge on any atom is 0.269 e. The topological polar surface area (TPSA) is 69.4 Å². The van der Waals surface area contributed by atoms with E-state index in [0.29, 0.717) is 12.0 Å². The Hall–Kier alpha value is -2.87. The van der Waals surface area contributed by atoms with Crippen LogP contribution in [0.1, 0.15) is 34.3 Å². The number of carbonyl (C=O) groups excluding carboxylic acids is 1. The average Bonchev–Trinajstić information content (AvgIpc) is 2.89. The quantitative estimate of drug-likeness (QED) is 0.158. The van der Waals surface area contributed by atoms with Gasteiger partial charge in [0.25, 0.3) is 5.69 Å². The second kappa shape index (κ2) is 13.4. The molecule has 0 radical (unpaired) electrons. The minimum absolute atomic E-state index is 0. The molecule has 7 heteroatoms. The molecule has 4 rings (SSSR count). The lowest BCUT2D eigenvalue weighted by molar-refractivity contribution is -0.947. The third-order valence-corrected chi connectivity index (χ3v) is 7.02. The van der Waals surface area contributed by atoms with Crippen LogP contribution in [0.15, 0.2) is 84.9 Å². The van der Waals surface area contributed by atoms with Crippen LogP contribution in [-0.4, -0.2) is 48.0 Å². The number of quaternary nitrogens is 1. The number of rotatable bonds is 11. The van der Waals surface area contributed by atoms with Crippen molar-refractivity contribution in [3.8, 4) is 0 Å². The number of carbonyl (C=O) groups is 1. The summed E-state index contributed by atoms with van der Waals surface area (Å²) in [5.41, 5.74) is 3.00. The number of morpholine rings is 1. The van der Waals surface area contributed by atoms with Gasteiger partial charge in [-0.1, -0.05) is 60.7 Å². The van der Waals surface area contributed by atoms with Crippen LogP contribution >= 0.6 is 0 Å². The molecule has 1 aliphatic rings. The monoisotopic (exact) mass is 552 g/mol. The summed E-state index contributed by atoms with van der Waals surface area (Å²) in [6, 6.07) is 26.7. The first kappa shape index (κ1) is 27.7. The number of hydrogen-bond acceptors (Lipinski definition) is 4. The van der Waals surface area contributed by atoms with E-state index in [1.54, 1.807) is 12.1 Å². The van der Waals surface area contributed by atoms with Gasteiger partial charge in [0.1, 0.15) is 19.6 Å². The number of halogens is 1. The van der Waals surface area contributed by atoms with Crippen LogP contribution in [0.5, 0.6) is 0 Å². The maximum absolute atomic E-state index is 13.5. The Morgan fingerprint density at radius 2 is 1.47 bits per heavy atom. The molecule has 36 heavy (non-hydrogen) atoms. The largest absolute Gasteiger partial charge is 1.00 e. The van der Waals surface area contributed by atoms with Crippen molar-refractivity contribution in [2.75, 3.05) is 32.8 Å². The van der Waals surface area contributed by atoms with Crippen LogP contribution < -0.4 is 17.0 Å². The van der Waals surface area contributed by atoms with Crippen LogP contribution in [0.2, 0.25) is 0 Å². The van der Waals surface area contributed by atoms with E-state index in [1.807, 2.05) is 24.3 Å². The molecule has 3 aromatic rings. The number of ether oxygens (including phenoxy) is 1. The first-order chi connectivity index (χ1) is 17.0. The molecular formula is C29H33BrN2O4. The van der Waals surface area contributed by atoms with E-state index in [4.69, 9.17) is 4.74 Å². The van der Waals surface area contributed by atoms with Gasteiger partial charge in [-0.05, 0) is 37.0 Å². The zero-order valence-electron chi connectivity index (χ0n) is 20.4. The van der Waals surface area contributed by atoms with Crippen molar-refractivity contribution >= 4 is 11.5 Å². The lowest BCUT2D eigenvalue weighted by Crippen LogP contribution is -3.00. The number of Topliss-reactive ketones (excluding diaryl/α,β-unsaturated/α-hetero) is 1. The van der Waals surface area contributed by atoms with Gasteiger partial charge >= 0.3 is 0 Å². The molecule has 1 unspecified atom stereocenters. The van der Waals surface area contributed by atoms with Crippen LogP contribution in [0.4, 0.5) is 5.69 Å². The predicted octanol–water partition coefficient (Wildman–Crippen LogP) is 2.47. The van der Waals surface area contributed by atoms with E-state index in [2.05, 4.69) is 36.4 Å². The molecule has 0 N–H and O–H groups in total. The van der Waals surface area contributed by atoms with Crippen LogP contribution in [0.3, 0.4) is 0 Å². The minimum Gasteiger partial charge on any atom is -1.00 e. The summed E-state index contributed by atoms with van der Waals surface area (Å²) in [5.74, 6) is -0.114. The molecule has 0 bridgehead atoms. The molecule has 1 atom stereocenters. The van der Waals surface area contributed by atoms with Gasteiger partial charge in [-0.2, -0.15) is 0 Å². The van der Waals surface area contributed by atoms with Crippen molar-refractivity contribution in [1.29, 1.82) is 0 Å². The molecule has 190 valence electrons. The van der Waals surface area contributed by atoms with Crippen molar-refractivity contribution in [2.24, 2.45) is 5.92 Å². The van der Waals surface area contributed by atoms with E-state index in [9.17, 15) is 14.9 Å². The van der Waals surface area contributed by atoms with E-state index in [1.165, 1.54) is 17.7 Å². The van der Waals surface area contributed by atoms with Crippen LogP contribution in [0.25, 0.3) is 0 Å². The van der Waals surface area contributed by atoms with Crippen molar-refractivity contribution < 1.29 is 35.9 Å². The van der Waals surface area contributed by atoms with E-state index in [-0.39, 0.29) is 34.4 Å². The fourth-order valence-electron chi connectivity index (χ4n) is 5.04. The summed E-state index contributed by atoms with van der Waals surface area (Å²) >= 11 is 0. The van der Waals surface area contributed by atoms with Gasteiger partial charge in [-0.25, -0.2) is 0 Å². The molecule has 0 saturated carbocycles. The Balaban J connectivity index is 0.00000361. The molecule has 0 amide bonds. The molecule has 0 aromatic heterocycles. The molecule has 1 aliphatic heterocycles. The van der Waals surface area contributed by atoms with Gasteiger partial charge in [0.2, 0.25) is 0 Å². The van der Waals surface area contributed by atoms with Crippen molar-refractivity contribution in [3.63, 3.8) is 0 Å². The highest BCUT2D eigenvalue weighted by atomic mass is 79.9. The molecular weight excluding hydrogens is 520 g/mol. The molecule has 0 spiro atoms. The van der Waals surface area contributed by atoms with E-state index in [0.717, 1.165) is 62.3 Å². The Morgan fingerprint density at radius 1 is 0.889 bits per heavy atom.